The number of carbonyl (C=O) groups excluding carboxylic acids is 2. The van der Waals surface area contributed by atoms with Crippen LogP contribution in [0.15, 0.2) is 53.9 Å². The second-order valence-corrected chi connectivity index (χ2v) is 8.85. The Kier molecular flexibility index (Phi) is 7.36. The van der Waals surface area contributed by atoms with Crippen LogP contribution in [0.2, 0.25) is 0 Å². The molecule has 1 aliphatic rings. The van der Waals surface area contributed by atoms with Crippen LogP contribution in [0.3, 0.4) is 0 Å². The molecule has 2 amide bonds. The number of primary amides is 1. The van der Waals surface area contributed by atoms with Gasteiger partial charge < -0.3 is 15.4 Å². The molecule has 0 spiro atoms. The number of nitrogens with zero attached hydrogens (tertiary/aromatic N) is 3. The molecule has 2 heterocycles. The fourth-order valence-electron chi connectivity index (χ4n) is 3.84. The van der Waals surface area contributed by atoms with E-state index in [4.69, 9.17) is 10.5 Å². The number of amides is 2. The van der Waals surface area contributed by atoms with Crippen LogP contribution in [-0.2, 0) is 17.8 Å². The molecule has 172 valence electrons. The van der Waals surface area contributed by atoms with Gasteiger partial charge in [-0.2, -0.15) is 0 Å². The van der Waals surface area contributed by atoms with Crippen molar-refractivity contribution in [2.75, 3.05) is 32.8 Å². The van der Waals surface area contributed by atoms with Gasteiger partial charge in [-0.15, -0.1) is 11.3 Å². The molecule has 0 unspecified atom stereocenters. The predicted octanol–water partition coefficient (Wildman–Crippen LogP) is 3.19. The van der Waals surface area contributed by atoms with Gasteiger partial charge in [0, 0.05) is 49.2 Å². The van der Waals surface area contributed by atoms with Crippen molar-refractivity contribution in [3.8, 4) is 16.3 Å². The molecule has 1 aromatic heterocycles. The van der Waals surface area contributed by atoms with Crippen molar-refractivity contribution < 1.29 is 14.3 Å². The molecule has 7 nitrogen and oxygen atoms in total. The van der Waals surface area contributed by atoms with Gasteiger partial charge in [0.25, 0.3) is 0 Å². The monoisotopic (exact) mass is 464 g/mol. The Morgan fingerprint density at radius 1 is 1.03 bits per heavy atom. The maximum absolute atomic E-state index is 12.8. The molecule has 0 aliphatic carbocycles. The molecular formula is C25H28N4O3S. The van der Waals surface area contributed by atoms with Crippen LogP contribution in [0.1, 0.15) is 28.5 Å². The van der Waals surface area contributed by atoms with Gasteiger partial charge in [-0.25, -0.2) is 4.98 Å². The Labute approximate surface area is 197 Å². The molecule has 3 aromatic rings. The van der Waals surface area contributed by atoms with E-state index in [1.54, 1.807) is 23.5 Å². The Morgan fingerprint density at radius 2 is 1.73 bits per heavy atom. The van der Waals surface area contributed by atoms with Crippen molar-refractivity contribution in [2.24, 2.45) is 5.73 Å². The first-order valence-electron chi connectivity index (χ1n) is 11.1. The van der Waals surface area contributed by atoms with E-state index < -0.39 is 5.91 Å². The standard InChI is InChI=1S/C25H28N4O3S/c1-2-32-22-9-7-20(8-10-22)25-27-21(17-33-25)15-23(30)29-13-11-28(12-14-29)16-18-3-5-19(6-4-18)24(26)31/h3-10,17H,2,11-16H2,1H3,(H2,26,31). The Hall–Kier alpha value is -3.23. The highest BCUT2D eigenvalue weighted by molar-refractivity contribution is 7.13. The number of hydrogen-bond donors (Lipinski definition) is 1. The summed E-state index contributed by atoms with van der Waals surface area (Å²) in [5.74, 6) is 0.541. The van der Waals surface area contributed by atoms with Crippen molar-refractivity contribution in [3.05, 3.63) is 70.7 Å². The van der Waals surface area contributed by atoms with Gasteiger partial charge in [0.1, 0.15) is 10.8 Å². The Bertz CT molecular complexity index is 1090. The van der Waals surface area contributed by atoms with Crippen LogP contribution >= 0.6 is 11.3 Å². The minimum atomic E-state index is -0.416. The average molecular weight is 465 g/mol. The summed E-state index contributed by atoms with van der Waals surface area (Å²) in [6.45, 7) is 6.43. The number of thiazole rings is 1. The zero-order valence-electron chi connectivity index (χ0n) is 18.7. The maximum atomic E-state index is 12.8. The normalized spacial score (nSPS) is 14.3. The first-order valence-corrected chi connectivity index (χ1v) is 12.0. The third kappa shape index (κ3) is 5.97. The second-order valence-electron chi connectivity index (χ2n) is 8.00. The number of benzene rings is 2. The van der Waals surface area contributed by atoms with Crippen LogP contribution in [-0.4, -0.2) is 59.4 Å². The number of hydrogen-bond acceptors (Lipinski definition) is 6. The minimum Gasteiger partial charge on any atom is -0.494 e. The van der Waals surface area contributed by atoms with E-state index in [2.05, 4.69) is 9.88 Å². The van der Waals surface area contributed by atoms with Crippen molar-refractivity contribution in [1.82, 2.24) is 14.8 Å². The fourth-order valence-corrected chi connectivity index (χ4v) is 4.66. The predicted molar refractivity (Wildman–Crippen MR) is 129 cm³/mol. The molecule has 0 bridgehead atoms. The maximum Gasteiger partial charge on any atom is 0.248 e. The summed E-state index contributed by atoms with van der Waals surface area (Å²) in [4.78, 5) is 32.9. The molecule has 0 saturated carbocycles. The molecule has 1 aliphatic heterocycles. The van der Waals surface area contributed by atoms with Crippen molar-refractivity contribution >= 4 is 23.2 Å². The number of aromatic nitrogens is 1. The van der Waals surface area contributed by atoms with Crippen molar-refractivity contribution in [2.45, 2.75) is 19.9 Å². The van der Waals surface area contributed by atoms with Crippen LogP contribution < -0.4 is 10.5 Å². The molecule has 8 heteroatoms. The lowest BCUT2D eigenvalue weighted by Gasteiger charge is -2.34. The number of rotatable bonds is 8. The fraction of sp³-hybridized carbons (Fsp3) is 0.320. The third-order valence-electron chi connectivity index (χ3n) is 5.67. The van der Waals surface area contributed by atoms with Gasteiger partial charge in [-0.05, 0) is 48.9 Å². The largest absolute Gasteiger partial charge is 0.494 e. The molecule has 1 fully saturated rings. The van der Waals surface area contributed by atoms with E-state index in [1.165, 1.54) is 0 Å². The van der Waals surface area contributed by atoms with Gasteiger partial charge in [-0.3, -0.25) is 14.5 Å². The Balaban J connectivity index is 1.26. The van der Waals surface area contributed by atoms with Crippen LogP contribution in [0.5, 0.6) is 5.75 Å². The molecule has 2 aromatic carbocycles. The summed E-state index contributed by atoms with van der Waals surface area (Å²) in [5, 5.41) is 2.88. The van der Waals surface area contributed by atoms with E-state index in [0.717, 1.165) is 47.2 Å². The quantitative estimate of drug-likeness (QED) is 0.553. The first kappa shape index (κ1) is 22.9. The summed E-state index contributed by atoms with van der Waals surface area (Å²) in [6.07, 6.45) is 0.322. The molecule has 1 saturated heterocycles. The second kappa shape index (κ2) is 10.6. The summed E-state index contributed by atoms with van der Waals surface area (Å²) < 4.78 is 5.49. The third-order valence-corrected chi connectivity index (χ3v) is 6.61. The number of ether oxygens (including phenoxy) is 1. The summed E-state index contributed by atoms with van der Waals surface area (Å²) in [5.41, 5.74) is 8.78. The molecule has 4 rings (SSSR count). The molecule has 0 atom stereocenters. The molecule has 33 heavy (non-hydrogen) atoms. The molecule has 2 N–H and O–H groups in total. The zero-order valence-corrected chi connectivity index (χ0v) is 19.5. The lowest BCUT2D eigenvalue weighted by atomic mass is 10.1. The average Bonchev–Trinajstić information content (AvgIpc) is 3.29. The van der Waals surface area contributed by atoms with E-state index in [1.807, 2.05) is 53.6 Å². The molecular weight excluding hydrogens is 436 g/mol. The van der Waals surface area contributed by atoms with E-state index in [-0.39, 0.29) is 5.91 Å². The summed E-state index contributed by atoms with van der Waals surface area (Å²) >= 11 is 1.56. The SMILES string of the molecule is CCOc1ccc(-c2nc(CC(=O)N3CCN(Cc4ccc(C(N)=O)cc4)CC3)cs2)cc1. The lowest BCUT2D eigenvalue weighted by molar-refractivity contribution is -0.132. The first-order chi connectivity index (χ1) is 16.0. The van der Waals surface area contributed by atoms with Crippen molar-refractivity contribution in [1.29, 1.82) is 0 Å². The van der Waals surface area contributed by atoms with E-state index in [0.29, 0.717) is 31.7 Å². The van der Waals surface area contributed by atoms with E-state index >= 15 is 0 Å². The molecule has 0 radical (unpaired) electrons. The number of piperazine rings is 1. The zero-order chi connectivity index (χ0) is 23.2. The highest BCUT2D eigenvalue weighted by Crippen LogP contribution is 2.26. The van der Waals surface area contributed by atoms with Gasteiger partial charge in [-0.1, -0.05) is 12.1 Å². The van der Waals surface area contributed by atoms with Gasteiger partial charge >= 0.3 is 0 Å². The topological polar surface area (TPSA) is 88.8 Å². The van der Waals surface area contributed by atoms with Crippen LogP contribution in [0.25, 0.3) is 10.6 Å². The van der Waals surface area contributed by atoms with Gasteiger partial charge in [0.15, 0.2) is 0 Å². The lowest BCUT2D eigenvalue weighted by Crippen LogP contribution is -2.48. The smallest absolute Gasteiger partial charge is 0.248 e. The highest BCUT2D eigenvalue weighted by atomic mass is 32.1. The number of carbonyl (C=O) groups is 2. The number of nitrogens with two attached hydrogens (primary N) is 1. The van der Waals surface area contributed by atoms with Gasteiger partial charge in [0.05, 0.1) is 18.7 Å². The van der Waals surface area contributed by atoms with Gasteiger partial charge in [0.2, 0.25) is 11.8 Å². The minimum absolute atomic E-state index is 0.115. The summed E-state index contributed by atoms with van der Waals surface area (Å²) in [6, 6.07) is 15.3. The summed E-state index contributed by atoms with van der Waals surface area (Å²) in [7, 11) is 0. The van der Waals surface area contributed by atoms with E-state index in [9.17, 15) is 9.59 Å². The highest BCUT2D eigenvalue weighted by Gasteiger charge is 2.22. The Morgan fingerprint density at radius 3 is 2.36 bits per heavy atom. The van der Waals surface area contributed by atoms with Crippen LogP contribution in [0, 0.1) is 0 Å². The van der Waals surface area contributed by atoms with Crippen LogP contribution in [0.4, 0.5) is 0 Å². The van der Waals surface area contributed by atoms with Crippen molar-refractivity contribution in [3.63, 3.8) is 0 Å².